The number of hydrogen-bond acceptors (Lipinski definition) is 7. The Labute approximate surface area is 478 Å². The largest absolute Gasteiger partial charge is 0.756 e. The normalized spacial score (nSPS) is 13.9. The van der Waals surface area contributed by atoms with Crippen LogP contribution in [0.3, 0.4) is 0 Å². The smallest absolute Gasteiger partial charge is 0.306 e. The first kappa shape index (κ1) is 75.0. The molecule has 0 saturated carbocycles. The van der Waals surface area contributed by atoms with Gasteiger partial charge in [-0.15, -0.1) is 0 Å². The Morgan fingerprint density at radius 1 is 0.455 bits per heavy atom. The molecule has 3 unspecified atom stereocenters. The minimum atomic E-state index is -4.70. The first-order valence-electron chi connectivity index (χ1n) is 32.9. The van der Waals surface area contributed by atoms with Gasteiger partial charge in [-0.25, -0.2) is 0 Å². The number of allylic oxidation sites excluding steroid dienone is 7. The summed E-state index contributed by atoms with van der Waals surface area (Å²) in [4.78, 5) is 40.1. The van der Waals surface area contributed by atoms with Crippen molar-refractivity contribution >= 4 is 19.7 Å². The average molecular weight is 1100 g/mol. The lowest BCUT2D eigenvalue weighted by molar-refractivity contribution is -0.870. The number of phosphoric ester groups is 1. The van der Waals surface area contributed by atoms with Gasteiger partial charge in [0, 0.05) is 12.8 Å². The molecule has 0 aromatic heterocycles. The summed E-state index contributed by atoms with van der Waals surface area (Å²) in [5, 5.41) is 3.04. The van der Waals surface area contributed by atoms with Gasteiger partial charge >= 0.3 is 5.97 Å². The third-order valence-corrected chi connectivity index (χ3v) is 15.7. The molecule has 0 rings (SSSR count). The van der Waals surface area contributed by atoms with Gasteiger partial charge < -0.3 is 28.5 Å². The van der Waals surface area contributed by atoms with Crippen molar-refractivity contribution in [3.63, 3.8) is 0 Å². The highest BCUT2D eigenvalue weighted by molar-refractivity contribution is 7.45. The average Bonchev–Trinajstić information content (AvgIpc) is 3.39. The monoisotopic (exact) mass is 1100 g/mol. The van der Waals surface area contributed by atoms with E-state index in [4.69, 9.17) is 13.8 Å². The summed E-state index contributed by atoms with van der Waals surface area (Å²) < 4.78 is 30.4. The van der Waals surface area contributed by atoms with Crippen LogP contribution in [0.4, 0.5) is 0 Å². The SMILES string of the molecule is CCCCC/C=C\C/C=C\C/C=C\CCCCCCCCC(=O)OC(/C=C/CCCCCCCCCCCCC)C(COP(=O)([O-])OCC[N+](C)(C)C)NC(=O)CCCCCCCCCCCCCCCCCCCCC. The predicted molar refractivity (Wildman–Crippen MR) is 330 cm³/mol. The van der Waals surface area contributed by atoms with E-state index in [9.17, 15) is 19.0 Å². The quantitative estimate of drug-likeness (QED) is 0.0212. The van der Waals surface area contributed by atoms with Gasteiger partial charge in [0.25, 0.3) is 7.82 Å². The fraction of sp³-hybridized carbons (Fsp3) is 0.851. The standard InChI is InChI=1S/C67H127N2O7P/c1-7-10-13-16-19-22-25-28-30-32-34-36-38-41-44-47-50-53-56-59-66(70)68-64(63-75-77(72,73)74-62-61-69(4,5)6)65(58-55-52-49-46-43-40-27-24-21-18-15-12-9-3)76-67(71)60-57-54-51-48-45-42-39-37-35-33-31-29-26-23-20-17-14-11-8-2/h20,23,29,31,35,37,55,58,64-65H,7-19,21-22,24-28,30,32-34,36,38-54,56-57,59-63H2,1-6H3,(H-,68,70,72,73)/b23-20-,31-29-,37-35-,58-55+. The Morgan fingerprint density at radius 2 is 0.792 bits per heavy atom. The predicted octanol–water partition coefficient (Wildman–Crippen LogP) is 19.8. The zero-order valence-corrected chi connectivity index (χ0v) is 52.6. The fourth-order valence-corrected chi connectivity index (χ4v) is 10.4. The van der Waals surface area contributed by atoms with Crippen LogP contribution in [0, 0.1) is 0 Å². The van der Waals surface area contributed by atoms with Crippen molar-refractivity contribution in [3.8, 4) is 0 Å². The molecule has 1 N–H and O–H groups in total. The third kappa shape index (κ3) is 58.4. The molecule has 0 fully saturated rings. The van der Waals surface area contributed by atoms with Crippen LogP contribution in [0.2, 0.25) is 0 Å². The van der Waals surface area contributed by atoms with Crippen LogP contribution in [0.15, 0.2) is 48.6 Å². The summed E-state index contributed by atoms with van der Waals surface area (Å²) in [5.74, 6) is -0.542. The highest BCUT2D eigenvalue weighted by atomic mass is 31.2. The minimum Gasteiger partial charge on any atom is -0.756 e. The van der Waals surface area contributed by atoms with E-state index in [0.29, 0.717) is 17.4 Å². The van der Waals surface area contributed by atoms with Gasteiger partial charge in [-0.3, -0.25) is 14.2 Å². The van der Waals surface area contributed by atoms with E-state index in [0.717, 1.165) is 83.5 Å². The van der Waals surface area contributed by atoms with Crippen LogP contribution in [-0.4, -0.2) is 69.4 Å². The van der Waals surface area contributed by atoms with Crippen LogP contribution in [0.5, 0.6) is 0 Å². The molecule has 3 atom stereocenters. The number of carbonyl (C=O) groups excluding carboxylic acids is 2. The molecule has 0 aromatic rings. The van der Waals surface area contributed by atoms with Crippen molar-refractivity contribution in [1.29, 1.82) is 0 Å². The molecule has 0 bridgehead atoms. The Balaban J connectivity index is 5.23. The Bertz CT molecular complexity index is 1460. The fourth-order valence-electron chi connectivity index (χ4n) is 9.65. The number of phosphoric acid groups is 1. The van der Waals surface area contributed by atoms with Gasteiger partial charge in [0.2, 0.25) is 5.91 Å². The maximum Gasteiger partial charge on any atom is 0.306 e. The zero-order chi connectivity index (χ0) is 56.4. The molecule has 77 heavy (non-hydrogen) atoms. The van der Waals surface area contributed by atoms with Crippen molar-refractivity contribution in [2.24, 2.45) is 0 Å². The number of likely N-dealkylation sites (N-methyl/N-ethyl adjacent to an activating group) is 1. The molecular formula is C67H127N2O7P. The molecule has 0 aromatic carbocycles. The van der Waals surface area contributed by atoms with Crippen LogP contribution < -0.4 is 10.2 Å². The number of amides is 1. The summed E-state index contributed by atoms with van der Waals surface area (Å²) >= 11 is 0. The van der Waals surface area contributed by atoms with Crippen LogP contribution in [0.25, 0.3) is 0 Å². The first-order valence-corrected chi connectivity index (χ1v) is 34.4. The molecule has 0 aliphatic heterocycles. The number of quaternary nitrogens is 1. The van der Waals surface area contributed by atoms with Gasteiger partial charge in [-0.1, -0.05) is 282 Å². The molecule has 0 spiro atoms. The summed E-state index contributed by atoms with van der Waals surface area (Å²) in [6.07, 6.45) is 70.7. The van der Waals surface area contributed by atoms with Crippen molar-refractivity contribution in [1.82, 2.24) is 5.32 Å². The maximum absolute atomic E-state index is 13.6. The topological polar surface area (TPSA) is 114 Å². The van der Waals surface area contributed by atoms with E-state index < -0.39 is 20.0 Å². The Kier molecular flexibility index (Phi) is 55.7. The minimum absolute atomic E-state index is 0.0232. The summed E-state index contributed by atoms with van der Waals surface area (Å²) in [5.41, 5.74) is 0. The van der Waals surface area contributed by atoms with E-state index in [1.807, 2.05) is 33.3 Å². The molecule has 1 amide bonds. The van der Waals surface area contributed by atoms with E-state index in [1.54, 1.807) is 0 Å². The van der Waals surface area contributed by atoms with E-state index in [1.165, 1.54) is 199 Å². The number of ether oxygens (including phenoxy) is 1. The molecule has 0 heterocycles. The first-order chi connectivity index (χ1) is 37.4. The lowest BCUT2D eigenvalue weighted by atomic mass is 10.0. The lowest BCUT2D eigenvalue weighted by Crippen LogP contribution is -2.47. The highest BCUT2D eigenvalue weighted by Gasteiger charge is 2.27. The second kappa shape index (κ2) is 57.2. The van der Waals surface area contributed by atoms with Gasteiger partial charge in [0.1, 0.15) is 19.3 Å². The van der Waals surface area contributed by atoms with Gasteiger partial charge in [-0.2, -0.15) is 0 Å². The third-order valence-electron chi connectivity index (χ3n) is 14.8. The van der Waals surface area contributed by atoms with E-state index in [2.05, 4.69) is 62.5 Å². The van der Waals surface area contributed by atoms with Gasteiger partial charge in [-0.05, 0) is 70.3 Å². The maximum atomic E-state index is 13.6. The molecule has 452 valence electrons. The molecule has 10 heteroatoms. The molecule has 0 aliphatic carbocycles. The van der Waals surface area contributed by atoms with Crippen LogP contribution in [-0.2, 0) is 27.9 Å². The van der Waals surface area contributed by atoms with Crippen molar-refractivity contribution in [2.75, 3.05) is 40.9 Å². The number of nitrogens with one attached hydrogen (secondary N) is 1. The van der Waals surface area contributed by atoms with Crippen LogP contribution >= 0.6 is 7.82 Å². The molecule has 0 saturated heterocycles. The molecule has 0 radical (unpaired) electrons. The molecular weight excluding hydrogens is 976 g/mol. The van der Waals surface area contributed by atoms with Crippen molar-refractivity contribution < 1.29 is 37.3 Å². The number of rotatable bonds is 60. The van der Waals surface area contributed by atoms with E-state index >= 15 is 0 Å². The number of carbonyl (C=O) groups is 2. The number of unbranched alkanes of at least 4 members (excludes halogenated alkanes) is 38. The Hall–Kier alpha value is -2.03. The van der Waals surface area contributed by atoms with Crippen molar-refractivity contribution in [3.05, 3.63) is 48.6 Å². The molecule has 0 aliphatic rings. The molecule has 9 nitrogen and oxygen atoms in total. The van der Waals surface area contributed by atoms with Gasteiger partial charge in [0.05, 0.1) is 33.8 Å². The van der Waals surface area contributed by atoms with Crippen molar-refractivity contribution in [2.45, 2.75) is 328 Å². The van der Waals surface area contributed by atoms with Crippen LogP contribution in [0.1, 0.15) is 316 Å². The zero-order valence-electron chi connectivity index (χ0n) is 51.7. The number of esters is 1. The second-order valence-electron chi connectivity index (χ2n) is 23.6. The van der Waals surface area contributed by atoms with Gasteiger partial charge in [0.15, 0.2) is 0 Å². The number of nitrogens with zero attached hydrogens (tertiary/aromatic N) is 1. The Morgan fingerprint density at radius 3 is 1.21 bits per heavy atom. The summed E-state index contributed by atoms with van der Waals surface area (Å²) in [7, 11) is 1.19. The summed E-state index contributed by atoms with van der Waals surface area (Å²) in [6, 6.07) is -0.892. The van der Waals surface area contributed by atoms with E-state index in [-0.39, 0.29) is 31.5 Å². The highest BCUT2D eigenvalue weighted by Crippen LogP contribution is 2.38. The second-order valence-corrected chi connectivity index (χ2v) is 25.0. The summed E-state index contributed by atoms with van der Waals surface area (Å²) in [6.45, 7) is 6.85. The number of hydrogen-bond donors (Lipinski definition) is 1. The lowest BCUT2D eigenvalue weighted by Gasteiger charge is -2.30.